The van der Waals surface area contributed by atoms with E-state index in [-0.39, 0.29) is 6.09 Å². The number of hydrogen-bond acceptors (Lipinski definition) is 5. The van der Waals surface area contributed by atoms with E-state index in [1.807, 2.05) is 32.2 Å². The molecule has 6 heteroatoms. The fourth-order valence-corrected chi connectivity index (χ4v) is 4.41. The highest BCUT2D eigenvalue weighted by atomic mass is 16.7. The molecule has 0 atom stereocenters. The van der Waals surface area contributed by atoms with Gasteiger partial charge < -0.3 is 19.1 Å². The number of hydrogen-bond donors (Lipinski definition) is 0. The highest BCUT2D eigenvalue weighted by Crippen LogP contribution is 2.39. The third kappa shape index (κ3) is 3.72. The molecule has 1 saturated heterocycles. The van der Waals surface area contributed by atoms with Crippen molar-refractivity contribution in [2.24, 2.45) is 0 Å². The number of ether oxygens (including phenoxy) is 3. The Labute approximate surface area is 181 Å². The van der Waals surface area contributed by atoms with E-state index >= 15 is 0 Å². The van der Waals surface area contributed by atoms with Gasteiger partial charge in [-0.05, 0) is 54.6 Å². The minimum absolute atomic E-state index is 0.264. The first-order chi connectivity index (χ1) is 15.1. The van der Waals surface area contributed by atoms with E-state index in [4.69, 9.17) is 14.2 Å². The smallest absolute Gasteiger partial charge is 0.409 e. The summed E-state index contributed by atoms with van der Waals surface area (Å²) in [7, 11) is 0. The zero-order valence-electron chi connectivity index (χ0n) is 17.9. The van der Waals surface area contributed by atoms with E-state index in [1.54, 1.807) is 4.90 Å². The minimum atomic E-state index is -0.662. The fourth-order valence-electron chi connectivity index (χ4n) is 4.41. The fraction of sp³-hybridized carbons (Fsp3) is 0.360. The summed E-state index contributed by atoms with van der Waals surface area (Å²) in [6, 6.07) is 14.8. The summed E-state index contributed by atoms with van der Waals surface area (Å²) in [5.41, 5.74) is 4.37. The molecule has 160 valence electrons. The SMILES string of the molecule is CCOC(=O)N1CCC2(CC1)OCc1cc(-c3ccc4c(C)nccc4c3)ccc1O2. The van der Waals surface area contributed by atoms with Gasteiger partial charge in [-0.3, -0.25) is 4.98 Å². The molecule has 2 aliphatic heterocycles. The van der Waals surface area contributed by atoms with Gasteiger partial charge in [-0.1, -0.05) is 18.2 Å². The van der Waals surface area contributed by atoms with Crippen LogP contribution in [0.1, 0.15) is 31.0 Å². The van der Waals surface area contributed by atoms with Gasteiger partial charge in [0.25, 0.3) is 0 Å². The third-order valence-electron chi connectivity index (χ3n) is 6.20. The second-order valence-corrected chi connectivity index (χ2v) is 8.14. The van der Waals surface area contributed by atoms with Crippen LogP contribution in [0.15, 0.2) is 48.7 Å². The van der Waals surface area contributed by atoms with Gasteiger partial charge in [0.15, 0.2) is 0 Å². The van der Waals surface area contributed by atoms with Gasteiger partial charge in [0.2, 0.25) is 5.79 Å². The molecule has 0 bridgehead atoms. The molecule has 1 fully saturated rings. The molecule has 3 aromatic rings. The van der Waals surface area contributed by atoms with Crippen LogP contribution in [0.4, 0.5) is 4.79 Å². The molecule has 6 nitrogen and oxygen atoms in total. The number of rotatable bonds is 2. The average molecular weight is 418 g/mol. The van der Waals surface area contributed by atoms with Crippen LogP contribution in [-0.2, 0) is 16.1 Å². The Morgan fingerprint density at radius 3 is 2.71 bits per heavy atom. The van der Waals surface area contributed by atoms with Crippen molar-refractivity contribution >= 4 is 16.9 Å². The molecule has 0 aliphatic carbocycles. The van der Waals surface area contributed by atoms with Crippen LogP contribution >= 0.6 is 0 Å². The normalized spacial score (nSPS) is 17.3. The second-order valence-electron chi connectivity index (χ2n) is 8.14. The highest BCUT2D eigenvalue weighted by molar-refractivity contribution is 5.88. The summed E-state index contributed by atoms with van der Waals surface area (Å²) in [6.45, 7) is 5.87. The van der Waals surface area contributed by atoms with Crippen molar-refractivity contribution in [3.63, 3.8) is 0 Å². The van der Waals surface area contributed by atoms with Crippen molar-refractivity contribution in [1.82, 2.24) is 9.88 Å². The van der Waals surface area contributed by atoms with E-state index in [1.165, 1.54) is 10.8 Å². The molecule has 5 rings (SSSR count). The molecule has 2 aromatic carbocycles. The predicted octanol–water partition coefficient (Wildman–Crippen LogP) is 5.07. The van der Waals surface area contributed by atoms with Crippen molar-refractivity contribution in [3.8, 4) is 16.9 Å². The van der Waals surface area contributed by atoms with Crippen molar-refractivity contribution in [2.45, 2.75) is 39.1 Å². The number of carbonyl (C=O) groups is 1. The van der Waals surface area contributed by atoms with Crippen LogP contribution in [0, 0.1) is 6.92 Å². The van der Waals surface area contributed by atoms with Gasteiger partial charge in [0.05, 0.1) is 13.2 Å². The summed E-state index contributed by atoms with van der Waals surface area (Å²) >= 11 is 0. The summed E-state index contributed by atoms with van der Waals surface area (Å²) in [5, 5.41) is 2.36. The molecule has 0 unspecified atom stereocenters. The molecular weight excluding hydrogens is 392 g/mol. The zero-order valence-corrected chi connectivity index (χ0v) is 17.9. The van der Waals surface area contributed by atoms with Gasteiger partial charge >= 0.3 is 6.09 Å². The number of benzene rings is 2. The Balaban J connectivity index is 1.34. The summed E-state index contributed by atoms with van der Waals surface area (Å²) in [6.07, 6.45) is 2.85. The monoisotopic (exact) mass is 418 g/mol. The first-order valence-corrected chi connectivity index (χ1v) is 10.8. The average Bonchev–Trinajstić information content (AvgIpc) is 2.79. The number of fused-ring (bicyclic) bond motifs is 2. The minimum Gasteiger partial charge on any atom is -0.462 e. The lowest BCUT2D eigenvalue weighted by atomic mass is 9.97. The van der Waals surface area contributed by atoms with Crippen LogP contribution in [0.3, 0.4) is 0 Å². The van der Waals surface area contributed by atoms with Gasteiger partial charge in [-0.15, -0.1) is 0 Å². The molecule has 2 aliphatic rings. The van der Waals surface area contributed by atoms with Crippen LogP contribution < -0.4 is 4.74 Å². The zero-order chi connectivity index (χ0) is 21.4. The number of amides is 1. The third-order valence-corrected chi connectivity index (χ3v) is 6.20. The number of likely N-dealkylation sites (tertiary alicyclic amines) is 1. The van der Waals surface area contributed by atoms with Crippen molar-refractivity contribution < 1.29 is 19.0 Å². The quantitative estimate of drug-likeness (QED) is 0.582. The number of aromatic nitrogens is 1. The van der Waals surface area contributed by atoms with E-state index in [0.717, 1.165) is 28.1 Å². The Bertz CT molecular complexity index is 1140. The molecule has 1 amide bonds. The standard InChI is InChI=1S/C25H26N2O4/c1-3-29-24(28)27-12-9-25(10-13-27)30-16-21-15-19(5-7-23(21)31-25)18-4-6-22-17(2)26-11-8-20(22)14-18/h4-8,11,14-15H,3,9-10,12-13,16H2,1-2H3. The van der Waals surface area contributed by atoms with E-state index in [9.17, 15) is 4.79 Å². The predicted molar refractivity (Wildman–Crippen MR) is 118 cm³/mol. The Morgan fingerprint density at radius 2 is 1.90 bits per heavy atom. The lowest BCUT2D eigenvalue weighted by Gasteiger charge is -2.43. The van der Waals surface area contributed by atoms with Crippen molar-refractivity contribution in [3.05, 3.63) is 59.9 Å². The van der Waals surface area contributed by atoms with Crippen LogP contribution in [0.2, 0.25) is 0 Å². The lowest BCUT2D eigenvalue weighted by molar-refractivity contribution is -0.226. The van der Waals surface area contributed by atoms with Crippen molar-refractivity contribution in [2.75, 3.05) is 19.7 Å². The van der Waals surface area contributed by atoms with Crippen LogP contribution in [0.5, 0.6) is 5.75 Å². The first-order valence-electron chi connectivity index (χ1n) is 10.8. The van der Waals surface area contributed by atoms with Gasteiger partial charge in [-0.25, -0.2) is 4.79 Å². The van der Waals surface area contributed by atoms with E-state index < -0.39 is 5.79 Å². The maximum Gasteiger partial charge on any atom is 0.409 e. The maximum absolute atomic E-state index is 12.0. The van der Waals surface area contributed by atoms with Crippen LogP contribution in [0.25, 0.3) is 21.9 Å². The highest BCUT2D eigenvalue weighted by Gasteiger charge is 2.42. The van der Waals surface area contributed by atoms with Crippen molar-refractivity contribution in [1.29, 1.82) is 0 Å². The summed E-state index contributed by atoms with van der Waals surface area (Å²) in [4.78, 5) is 18.0. The summed E-state index contributed by atoms with van der Waals surface area (Å²) in [5.74, 6) is 0.200. The van der Waals surface area contributed by atoms with Gasteiger partial charge in [0.1, 0.15) is 5.75 Å². The molecule has 1 spiro atoms. The molecule has 31 heavy (non-hydrogen) atoms. The van der Waals surface area contributed by atoms with E-state index in [2.05, 4.69) is 35.3 Å². The Hall–Kier alpha value is -3.12. The molecule has 3 heterocycles. The largest absolute Gasteiger partial charge is 0.462 e. The number of nitrogens with zero attached hydrogens (tertiary/aromatic N) is 2. The lowest BCUT2D eigenvalue weighted by Crippen LogP contribution is -2.52. The van der Waals surface area contributed by atoms with E-state index in [0.29, 0.717) is 39.1 Å². The second kappa shape index (κ2) is 7.85. The topological polar surface area (TPSA) is 60.9 Å². The van der Waals surface area contributed by atoms with Gasteiger partial charge in [0, 0.05) is 48.8 Å². The maximum atomic E-state index is 12.0. The molecule has 0 radical (unpaired) electrons. The molecule has 0 saturated carbocycles. The molecule has 0 N–H and O–H groups in total. The molecular formula is C25H26N2O4. The Kier molecular flexibility index (Phi) is 5.02. The Morgan fingerprint density at radius 1 is 1.13 bits per heavy atom. The molecule has 1 aromatic heterocycles. The van der Waals surface area contributed by atoms with Crippen LogP contribution in [-0.4, -0.2) is 41.5 Å². The number of aryl methyl sites for hydroxylation is 1. The number of carbonyl (C=O) groups excluding carboxylic acids is 1. The van der Waals surface area contributed by atoms with Gasteiger partial charge in [-0.2, -0.15) is 0 Å². The number of piperidine rings is 1. The number of pyridine rings is 1. The summed E-state index contributed by atoms with van der Waals surface area (Å²) < 4.78 is 17.6. The first kappa shape index (κ1) is 19.8.